The zero-order valence-electron chi connectivity index (χ0n) is 7.36. The van der Waals surface area contributed by atoms with Crippen LogP contribution < -0.4 is 0 Å². The van der Waals surface area contributed by atoms with Gasteiger partial charge in [0.15, 0.2) is 0 Å². The van der Waals surface area contributed by atoms with Gasteiger partial charge in [0.25, 0.3) is 0 Å². The highest BCUT2D eigenvalue weighted by molar-refractivity contribution is 5.42. The molecule has 3 nitrogen and oxygen atoms in total. The number of rotatable bonds is 1. The fourth-order valence-electron chi connectivity index (χ4n) is 1.35. The van der Waals surface area contributed by atoms with Crippen molar-refractivity contribution in [2.75, 3.05) is 0 Å². The molecule has 0 aliphatic heterocycles. The van der Waals surface area contributed by atoms with Gasteiger partial charge in [-0.25, -0.2) is 4.98 Å². The molecule has 0 aliphatic carbocycles. The summed E-state index contributed by atoms with van der Waals surface area (Å²) in [6, 6.07) is 6.09. The molecule has 0 saturated carbocycles. The Hall–Kier alpha value is -1.82. The van der Waals surface area contributed by atoms with Crippen LogP contribution in [-0.4, -0.2) is 9.38 Å². The predicted octanol–water partition coefficient (Wildman–Crippen LogP) is 1.71. The fraction of sp³-hybridized carbons (Fsp3) is 0.200. The molecule has 0 spiro atoms. The quantitative estimate of drug-likeness (QED) is 0.655. The lowest BCUT2D eigenvalue weighted by atomic mass is 10.3. The van der Waals surface area contributed by atoms with E-state index in [2.05, 4.69) is 11.1 Å². The minimum atomic E-state index is 0.407. The predicted molar refractivity (Wildman–Crippen MR) is 49.2 cm³/mol. The van der Waals surface area contributed by atoms with Crippen LogP contribution in [-0.2, 0) is 6.42 Å². The lowest BCUT2D eigenvalue weighted by Gasteiger charge is -1.98. The van der Waals surface area contributed by atoms with Gasteiger partial charge in [-0.3, -0.25) is 0 Å². The van der Waals surface area contributed by atoms with E-state index in [0.29, 0.717) is 6.42 Å². The first-order valence-electron chi connectivity index (χ1n) is 4.11. The number of pyridine rings is 1. The number of hydrogen-bond acceptors (Lipinski definition) is 2. The summed E-state index contributed by atoms with van der Waals surface area (Å²) in [7, 11) is 0. The molecule has 2 aromatic heterocycles. The molecule has 2 heterocycles. The third kappa shape index (κ3) is 1.27. The topological polar surface area (TPSA) is 41.1 Å². The Bertz CT molecular complexity index is 476. The first kappa shape index (κ1) is 7.81. The molecule has 0 saturated heterocycles. The van der Waals surface area contributed by atoms with E-state index in [1.807, 2.05) is 29.7 Å². The smallest absolute Gasteiger partial charge is 0.136 e. The molecule has 13 heavy (non-hydrogen) atoms. The molecule has 0 aliphatic rings. The third-order valence-electron chi connectivity index (χ3n) is 1.99. The molecule has 2 rings (SSSR count). The molecule has 3 heteroatoms. The number of hydrogen-bond donors (Lipinski definition) is 0. The monoisotopic (exact) mass is 171 g/mol. The maximum Gasteiger partial charge on any atom is 0.136 e. The van der Waals surface area contributed by atoms with Crippen LogP contribution in [0.2, 0.25) is 0 Å². The van der Waals surface area contributed by atoms with Crippen molar-refractivity contribution in [1.29, 1.82) is 5.26 Å². The van der Waals surface area contributed by atoms with Gasteiger partial charge in [-0.1, -0.05) is 6.07 Å². The van der Waals surface area contributed by atoms with E-state index in [1.54, 1.807) is 6.20 Å². The Morgan fingerprint density at radius 2 is 2.38 bits per heavy atom. The molecule has 0 unspecified atom stereocenters. The van der Waals surface area contributed by atoms with Crippen LogP contribution in [0.25, 0.3) is 5.65 Å². The van der Waals surface area contributed by atoms with Crippen LogP contribution in [0, 0.1) is 18.3 Å². The number of aromatic nitrogens is 2. The van der Waals surface area contributed by atoms with Crippen molar-refractivity contribution in [3.63, 3.8) is 0 Å². The Morgan fingerprint density at radius 1 is 1.54 bits per heavy atom. The summed E-state index contributed by atoms with van der Waals surface area (Å²) in [6.07, 6.45) is 4.15. The first-order chi connectivity index (χ1) is 6.31. The van der Waals surface area contributed by atoms with E-state index in [1.165, 1.54) is 5.56 Å². The summed E-state index contributed by atoms with van der Waals surface area (Å²) in [6.45, 7) is 2.02. The Kier molecular flexibility index (Phi) is 1.75. The third-order valence-corrected chi connectivity index (χ3v) is 1.99. The molecule has 0 amide bonds. The van der Waals surface area contributed by atoms with E-state index in [9.17, 15) is 0 Å². The molecule has 0 radical (unpaired) electrons. The summed E-state index contributed by atoms with van der Waals surface area (Å²) in [5.74, 6) is 0. The van der Waals surface area contributed by atoms with Crippen LogP contribution in [0.5, 0.6) is 0 Å². The second-order valence-electron chi connectivity index (χ2n) is 3.02. The van der Waals surface area contributed by atoms with Gasteiger partial charge in [-0.15, -0.1) is 0 Å². The summed E-state index contributed by atoms with van der Waals surface area (Å²) in [4.78, 5) is 4.19. The molecule has 0 fully saturated rings. The zero-order chi connectivity index (χ0) is 9.26. The Labute approximate surface area is 76.3 Å². The molecule has 2 aromatic rings. The van der Waals surface area contributed by atoms with Crippen LogP contribution in [0.3, 0.4) is 0 Å². The average molecular weight is 171 g/mol. The minimum absolute atomic E-state index is 0.407. The maximum atomic E-state index is 8.58. The van der Waals surface area contributed by atoms with Crippen molar-refractivity contribution < 1.29 is 0 Å². The van der Waals surface area contributed by atoms with Crippen LogP contribution in [0.4, 0.5) is 0 Å². The van der Waals surface area contributed by atoms with Crippen molar-refractivity contribution in [3.8, 4) is 6.07 Å². The second kappa shape index (κ2) is 2.91. The van der Waals surface area contributed by atoms with Gasteiger partial charge >= 0.3 is 0 Å². The van der Waals surface area contributed by atoms with Gasteiger partial charge in [-0.2, -0.15) is 5.26 Å². The summed E-state index contributed by atoms with van der Waals surface area (Å²) in [5.41, 5.74) is 3.02. The van der Waals surface area contributed by atoms with Crippen molar-refractivity contribution in [1.82, 2.24) is 9.38 Å². The number of nitrogens with zero attached hydrogens (tertiary/aromatic N) is 3. The molecule has 0 atom stereocenters. The molecule has 0 N–H and O–H groups in total. The number of nitriles is 1. The van der Waals surface area contributed by atoms with Gasteiger partial charge in [0, 0.05) is 6.20 Å². The highest BCUT2D eigenvalue weighted by Crippen LogP contribution is 2.08. The summed E-state index contributed by atoms with van der Waals surface area (Å²) >= 11 is 0. The van der Waals surface area contributed by atoms with Gasteiger partial charge < -0.3 is 4.40 Å². The van der Waals surface area contributed by atoms with E-state index < -0.39 is 0 Å². The number of imidazole rings is 1. The standard InChI is InChI=1S/C10H9N3/c1-8-2-3-10-12-6-9(4-5-11)13(10)7-8/h2-3,6-7H,4H2,1H3. The summed E-state index contributed by atoms with van der Waals surface area (Å²) in [5, 5.41) is 8.58. The van der Waals surface area contributed by atoms with Gasteiger partial charge in [-0.05, 0) is 18.6 Å². The lowest BCUT2D eigenvalue weighted by molar-refractivity contribution is 1.04. The molecule has 64 valence electrons. The molecular weight excluding hydrogens is 162 g/mol. The molecule has 0 bridgehead atoms. The number of aryl methyl sites for hydroxylation is 1. The SMILES string of the molecule is Cc1ccc2ncc(CC#N)n2c1. The second-order valence-corrected chi connectivity index (χ2v) is 3.02. The molecule has 0 aromatic carbocycles. The van der Waals surface area contributed by atoms with E-state index in [-0.39, 0.29) is 0 Å². The van der Waals surface area contributed by atoms with Gasteiger partial charge in [0.2, 0.25) is 0 Å². The molecular formula is C10H9N3. The number of fused-ring (bicyclic) bond motifs is 1. The van der Waals surface area contributed by atoms with Crippen molar-refractivity contribution in [3.05, 3.63) is 35.8 Å². The van der Waals surface area contributed by atoms with E-state index in [0.717, 1.165) is 11.3 Å². The van der Waals surface area contributed by atoms with Crippen LogP contribution in [0.1, 0.15) is 11.3 Å². The van der Waals surface area contributed by atoms with Crippen molar-refractivity contribution >= 4 is 5.65 Å². The zero-order valence-corrected chi connectivity index (χ0v) is 7.36. The van der Waals surface area contributed by atoms with E-state index in [4.69, 9.17) is 5.26 Å². The normalized spacial score (nSPS) is 10.2. The maximum absolute atomic E-state index is 8.58. The van der Waals surface area contributed by atoms with Crippen LogP contribution in [0.15, 0.2) is 24.5 Å². The average Bonchev–Trinajstić information content (AvgIpc) is 2.49. The van der Waals surface area contributed by atoms with Crippen molar-refractivity contribution in [2.24, 2.45) is 0 Å². The highest BCUT2D eigenvalue weighted by Gasteiger charge is 2.01. The summed E-state index contributed by atoms with van der Waals surface area (Å²) < 4.78 is 1.96. The van der Waals surface area contributed by atoms with Crippen LogP contribution >= 0.6 is 0 Å². The largest absolute Gasteiger partial charge is 0.303 e. The van der Waals surface area contributed by atoms with Gasteiger partial charge in [0.1, 0.15) is 5.65 Å². The Balaban J connectivity index is 2.66. The fourth-order valence-corrected chi connectivity index (χ4v) is 1.35. The highest BCUT2D eigenvalue weighted by atomic mass is 15.0. The Morgan fingerprint density at radius 3 is 3.15 bits per heavy atom. The van der Waals surface area contributed by atoms with Crippen molar-refractivity contribution in [2.45, 2.75) is 13.3 Å². The van der Waals surface area contributed by atoms with E-state index >= 15 is 0 Å². The van der Waals surface area contributed by atoms with Gasteiger partial charge in [0.05, 0.1) is 24.4 Å². The lowest BCUT2D eigenvalue weighted by Crippen LogP contribution is -1.91. The minimum Gasteiger partial charge on any atom is -0.303 e. The first-order valence-corrected chi connectivity index (χ1v) is 4.11.